The fourth-order valence-corrected chi connectivity index (χ4v) is 6.18. The number of benzene rings is 1. The number of aromatic nitrogens is 1. The average molecular weight is 486 g/mol. The van der Waals surface area contributed by atoms with Gasteiger partial charge < -0.3 is 14.6 Å². The Morgan fingerprint density at radius 1 is 1.18 bits per heavy atom. The molecule has 2 aromatic heterocycles. The Kier molecular flexibility index (Phi) is 5.87. The van der Waals surface area contributed by atoms with Gasteiger partial charge >= 0.3 is 0 Å². The van der Waals surface area contributed by atoms with Gasteiger partial charge in [0, 0.05) is 11.1 Å². The van der Waals surface area contributed by atoms with Crippen LogP contribution in [-0.4, -0.2) is 35.1 Å². The maximum atomic E-state index is 14.0. The van der Waals surface area contributed by atoms with Gasteiger partial charge in [-0.2, -0.15) is 0 Å². The molecule has 174 valence electrons. The Morgan fingerprint density at radius 2 is 1.94 bits per heavy atom. The summed E-state index contributed by atoms with van der Waals surface area (Å²) in [5, 5.41) is 5.78. The second kappa shape index (κ2) is 8.69. The second-order valence-corrected chi connectivity index (χ2v) is 10.6. The third-order valence-corrected chi connectivity index (χ3v) is 8.05. The van der Waals surface area contributed by atoms with E-state index < -0.39 is 5.54 Å². The SMILES string of the molecule is COc1ccc(Cl)cc1N1C(=O)c2cc3sccc3n2C[C@@]1(C)C(=O)NC1CCCCCC1. The van der Waals surface area contributed by atoms with E-state index in [9.17, 15) is 9.59 Å². The molecule has 3 heterocycles. The number of anilines is 1. The van der Waals surface area contributed by atoms with Gasteiger partial charge in [-0.15, -0.1) is 11.3 Å². The van der Waals surface area contributed by atoms with E-state index in [4.69, 9.17) is 16.3 Å². The van der Waals surface area contributed by atoms with Gasteiger partial charge in [-0.25, -0.2) is 0 Å². The molecule has 2 aliphatic rings. The highest BCUT2D eigenvalue weighted by Crippen LogP contribution is 2.41. The number of hydrogen-bond acceptors (Lipinski definition) is 4. The van der Waals surface area contributed by atoms with Crippen molar-refractivity contribution in [2.75, 3.05) is 12.0 Å². The lowest BCUT2D eigenvalue weighted by Crippen LogP contribution is -2.65. The third-order valence-electron chi connectivity index (χ3n) is 6.97. The molecule has 0 saturated heterocycles. The quantitative estimate of drug-likeness (QED) is 0.487. The largest absolute Gasteiger partial charge is 0.495 e. The fourth-order valence-electron chi connectivity index (χ4n) is 5.19. The summed E-state index contributed by atoms with van der Waals surface area (Å²) < 4.78 is 8.60. The van der Waals surface area contributed by atoms with Crippen LogP contribution in [0.4, 0.5) is 5.69 Å². The van der Waals surface area contributed by atoms with Crippen LogP contribution in [-0.2, 0) is 11.3 Å². The minimum atomic E-state index is -1.15. The minimum absolute atomic E-state index is 0.127. The van der Waals surface area contributed by atoms with Crippen LogP contribution in [0, 0.1) is 0 Å². The summed E-state index contributed by atoms with van der Waals surface area (Å²) in [5.74, 6) is 0.124. The smallest absolute Gasteiger partial charge is 0.276 e. The molecular weight excluding hydrogens is 458 g/mol. The summed E-state index contributed by atoms with van der Waals surface area (Å²) in [6.45, 7) is 2.20. The van der Waals surface area contributed by atoms with Crippen molar-refractivity contribution in [2.24, 2.45) is 0 Å². The van der Waals surface area contributed by atoms with E-state index in [-0.39, 0.29) is 17.9 Å². The molecule has 3 aromatic rings. The zero-order valence-electron chi connectivity index (χ0n) is 18.9. The van der Waals surface area contributed by atoms with Crippen molar-refractivity contribution in [1.82, 2.24) is 9.88 Å². The monoisotopic (exact) mass is 485 g/mol. The number of hydrogen-bond donors (Lipinski definition) is 1. The molecule has 1 atom stereocenters. The lowest BCUT2D eigenvalue weighted by molar-refractivity contribution is -0.127. The van der Waals surface area contributed by atoms with Crippen molar-refractivity contribution >= 4 is 50.7 Å². The third kappa shape index (κ3) is 3.81. The molecule has 2 amide bonds. The summed E-state index contributed by atoms with van der Waals surface area (Å²) in [7, 11) is 1.56. The highest BCUT2D eigenvalue weighted by Gasteiger charge is 2.50. The van der Waals surface area contributed by atoms with Crippen LogP contribution >= 0.6 is 22.9 Å². The zero-order valence-corrected chi connectivity index (χ0v) is 20.5. The first kappa shape index (κ1) is 22.3. The molecule has 0 radical (unpaired) electrons. The van der Waals surface area contributed by atoms with Crippen LogP contribution in [0.2, 0.25) is 5.02 Å². The van der Waals surface area contributed by atoms with Crippen LogP contribution in [0.3, 0.4) is 0 Å². The number of halogens is 1. The number of carbonyl (C=O) groups excluding carboxylic acids is 2. The van der Waals surface area contributed by atoms with Crippen molar-refractivity contribution in [3.8, 4) is 5.75 Å². The normalized spacial score (nSPS) is 21.7. The number of ether oxygens (including phenoxy) is 1. The molecule has 1 fully saturated rings. The standard InChI is InChI=1S/C25H28ClN3O3S/c1-25(24(31)27-17-7-5-3-4-6-8-17)15-28-18-11-12-33-22(18)14-20(28)23(30)29(25)19-13-16(26)9-10-21(19)32-2/h9-14,17H,3-8,15H2,1-2H3,(H,27,31)/t25-/m0/s1. The van der Waals surface area contributed by atoms with Gasteiger partial charge in [-0.05, 0) is 55.5 Å². The number of thiophene rings is 1. The Balaban J connectivity index is 1.62. The number of nitrogens with one attached hydrogen (secondary N) is 1. The molecule has 1 aliphatic heterocycles. The van der Waals surface area contributed by atoms with Crippen LogP contribution in [0.25, 0.3) is 10.2 Å². The highest BCUT2D eigenvalue weighted by molar-refractivity contribution is 7.17. The van der Waals surface area contributed by atoms with E-state index >= 15 is 0 Å². The maximum absolute atomic E-state index is 14.0. The first-order valence-electron chi connectivity index (χ1n) is 11.5. The number of carbonyl (C=O) groups is 2. The van der Waals surface area contributed by atoms with Crippen LogP contribution < -0.4 is 15.0 Å². The molecular formula is C25H28ClN3O3S. The number of amides is 2. The molecule has 0 bridgehead atoms. The summed E-state index contributed by atoms with van der Waals surface area (Å²) in [6, 6.07) is 9.21. The topological polar surface area (TPSA) is 63.6 Å². The number of fused-ring (bicyclic) bond motifs is 3. The second-order valence-electron chi connectivity index (χ2n) is 9.18. The number of methoxy groups -OCH3 is 1. The molecule has 1 N–H and O–H groups in total. The Morgan fingerprint density at radius 3 is 2.67 bits per heavy atom. The van der Waals surface area contributed by atoms with E-state index in [0.717, 1.165) is 35.9 Å². The zero-order chi connectivity index (χ0) is 23.2. The van der Waals surface area contributed by atoms with Crippen LogP contribution in [0.5, 0.6) is 5.75 Å². The van der Waals surface area contributed by atoms with Crippen molar-refractivity contribution < 1.29 is 14.3 Å². The van der Waals surface area contributed by atoms with Gasteiger partial charge in [0.05, 0.1) is 29.6 Å². The van der Waals surface area contributed by atoms with E-state index in [1.807, 2.05) is 29.0 Å². The lowest BCUT2D eigenvalue weighted by atomic mass is 9.92. The van der Waals surface area contributed by atoms with Crippen molar-refractivity contribution in [2.45, 2.75) is 63.6 Å². The van der Waals surface area contributed by atoms with E-state index in [2.05, 4.69) is 5.32 Å². The van der Waals surface area contributed by atoms with E-state index in [0.29, 0.717) is 28.7 Å². The molecule has 0 spiro atoms. The summed E-state index contributed by atoms with van der Waals surface area (Å²) in [4.78, 5) is 29.5. The van der Waals surface area contributed by atoms with Crippen molar-refractivity contribution in [3.05, 3.63) is 46.4 Å². The predicted octanol–water partition coefficient (Wildman–Crippen LogP) is 5.62. The molecule has 0 unspecified atom stereocenters. The molecule has 8 heteroatoms. The molecule has 5 rings (SSSR count). The van der Waals surface area contributed by atoms with Crippen LogP contribution in [0.1, 0.15) is 55.9 Å². The molecule has 1 aliphatic carbocycles. The van der Waals surface area contributed by atoms with E-state index in [1.165, 1.54) is 12.8 Å². The van der Waals surface area contributed by atoms with Gasteiger partial charge in [-0.1, -0.05) is 37.3 Å². The van der Waals surface area contributed by atoms with Crippen LogP contribution in [0.15, 0.2) is 35.7 Å². The lowest BCUT2D eigenvalue weighted by Gasteiger charge is -2.44. The Hall–Kier alpha value is -2.51. The van der Waals surface area contributed by atoms with E-state index in [1.54, 1.807) is 41.5 Å². The van der Waals surface area contributed by atoms with Crippen molar-refractivity contribution in [3.63, 3.8) is 0 Å². The van der Waals surface area contributed by atoms with Gasteiger partial charge in [-0.3, -0.25) is 14.5 Å². The average Bonchev–Trinajstić information content (AvgIpc) is 3.28. The molecule has 33 heavy (non-hydrogen) atoms. The van der Waals surface area contributed by atoms with Crippen molar-refractivity contribution in [1.29, 1.82) is 0 Å². The molecule has 6 nitrogen and oxygen atoms in total. The van der Waals surface area contributed by atoms with Gasteiger partial charge in [0.1, 0.15) is 17.0 Å². The number of nitrogens with zero attached hydrogens (tertiary/aromatic N) is 2. The molecule has 1 aromatic carbocycles. The maximum Gasteiger partial charge on any atom is 0.276 e. The summed E-state index contributed by atoms with van der Waals surface area (Å²) in [6.07, 6.45) is 6.58. The minimum Gasteiger partial charge on any atom is -0.495 e. The summed E-state index contributed by atoms with van der Waals surface area (Å²) >= 11 is 7.93. The first-order chi connectivity index (χ1) is 15.9. The number of rotatable bonds is 4. The molecule has 1 saturated carbocycles. The predicted molar refractivity (Wildman–Crippen MR) is 133 cm³/mol. The fraction of sp³-hybridized carbons (Fsp3) is 0.440. The van der Waals surface area contributed by atoms with Gasteiger partial charge in [0.15, 0.2) is 0 Å². The Labute approximate surface area is 202 Å². The highest BCUT2D eigenvalue weighted by atomic mass is 35.5. The first-order valence-corrected chi connectivity index (χ1v) is 12.7. The summed E-state index contributed by atoms with van der Waals surface area (Å²) in [5.41, 5.74) is 0.903. The van der Waals surface area contributed by atoms with Gasteiger partial charge in [0.2, 0.25) is 5.91 Å². The van der Waals surface area contributed by atoms with Gasteiger partial charge in [0.25, 0.3) is 5.91 Å². The Bertz CT molecular complexity index is 1210.